The van der Waals surface area contributed by atoms with Crippen LogP contribution in [0.3, 0.4) is 0 Å². The van der Waals surface area contributed by atoms with E-state index in [1.165, 1.54) is 45.2 Å². The van der Waals surface area contributed by atoms with Gasteiger partial charge in [0.2, 0.25) is 0 Å². The van der Waals surface area contributed by atoms with Crippen LogP contribution in [0, 0.1) is 5.92 Å². The molecular weight excluding hydrogens is 212 g/mol. The highest BCUT2D eigenvalue weighted by Crippen LogP contribution is 2.23. The van der Waals surface area contributed by atoms with Crippen LogP contribution in [0.2, 0.25) is 0 Å². The topological polar surface area (TPSA) is 24.5 Å². The summed E-state index contributed by atoms with van der Waals surface area (Å²) in [7, 11) is 0. The first kappa shape index (κ1) is 13.3. The number of nitrogens with one attached hydrogen (secondary N) is 1. The summed E-state index contributed by atoms with van der Waals surface area (Å²) in [6.45, 7) is 8.91. The monoisotopic (exact) mass is 240 g/mol. The molecule has 0 spiro atoms. The molecule has 3 heteroatoms. The molecule has 2 unspecified atom stereocenters. The van der Waals surface area contributed by atoms with Crippen molar-refractivity contribution in [2.24, 2.45) is 5.92 Å². The molecule has 0 bridgehead atoms. The van der Waals surface area contributed by atoms with Crippen molar-refractivity contribution in [2.75, 3.05) is 39.4 Å². The molecule has 0 radical (unpaired) electrons. The van der Waals surface area contributed by atoms with E-state index >= 15 is 0 Å². The lowest BCUT2D eigenvalue weighted by Gasteiger charge is -2.29. The molecule has 1 aliphatic carbocycles. The van der Waals surface area contributed by atoms with Gasteiger partial charge in [0, 0.05) is 19.1 Å². The lowest BCUT2D eigenvalue weighted by Crippen LogP contribution is -2.39. The van der Waals surface area contributed by atoms with Crippen molar-refractivity contribution < 1.29 is 4.74 Å². The summed E-state index contributed by atoms with van der Waals surface area (Å²) in [6.07, 6.45) is 6.92. The minimum atomic E-state index is 0.795. The summed E-state index contributed by atoms with van der Waals surface area (Å²) in [5.41, 5.74) is 0. The van der Waals surface area contributed by atoms with E-state index in [2.05, 4.69) is 17.1 Å². The maximum Gasteiger partial charge on any atom is 0.0594 e. The Labute approximate surface area is 106 Å². The molecule has 3 nitrogen and oxygen atoms in total. The number of rotatable bonds is 5. The highest BCUT2D eigenvalue weighted by molar-refractivity contribution is 4.75. The fourth-order valence-corrected chi connectivity index (χ4v) is 3.05. The molecule has 0 aromatic heterocycles. The van der Waals surface area contributed by atoms with E-state index in [1.54, 1.807) is 0 Å². The molecule has 1 heterocycles. The summed E-state index contributed by atoms with van der Waals surface area (Å²) < 4.78 is 5.36. The van der Waals surface area contributed by atoms with Gasteiger partial charge in [-0.05, 0) is 38.3 Å². The quantitative estimate of drug-likeness (QED) is 0.743. The van der Waals surface area contributed by atoms with Crippen LogP contribution in [0.25, 0.3) is 0 Å². The van der Waals surface area contributed by atoms with Crippen molar-refractivity contribution in [3.8, 4) is 0 Å². The van der Waals surface area contributed by atoms with Gasteiger partial charge in [0.15, 0.2) is 0 Å². The van der Waals surface area contributed by atoms with Crippen LogP contribution >= 0.6 is 0 Å². The van der Waals surface area contributed by atoms with Gasteiger partial charge in [-0.3, -0.25) is 4.90 Å². The van der Waals surface area contributed by atoms with Crippen molar-refractivity contribution in [3.63, 3.8) is 0 Å². The first-order valence-electron chi connectivity index (χ1n) is 7.38. The SMILES string of the molecule is CC1CCCC(NCCCN2CCOCC2)C1. The molecule has 0 aromatic carbocycles. The first-order valence-corrected chi connectivity index (χ1v) is 7.38. The molecule has 1 N–H and O–H groups in total. The second-order valence-corrected chi connectivity index (χ2v) is 5.73. The number of ether oxygens (including phenoxy) is 1. The van der Waals surface area contributed by atoms with Gasteiger partial charge < -0.3 is 10.1 Å². The van der Waals surface area contributed by atoms with Crippen molar-refractivity contribution in [1.29, 1.82) is 0 Å². The molecule has 0 amide bonds. The minimum Gasteiger partial charge on any atom is -0.379 e. The van der Waals surface area contributed by atoms with Gasteiger partial charge in [-0.2, -0.15) is 0 Å². The molecule has 1 aliphatic heterocycles. The van der Waals surface area contributed by atoms with Crippen LogP contribution in [0.4, 0.5) is 0 Å². The third kappa shape index (κ3) is 4.94. The smallest absolute Gasteiger partial charge is 0.0594 e. The Balaban J connectivity index is 1.50. The second-order valence-electron chi connectivity index (χ2n) is 5.73. The molecule has 1 saturated heterocycles. The Kier molecular flexibility index (Phi) is 5.75. The third-order valence-corrected chi connectivity index (χ3v) is 4.12. The number of nitrogens with zero attached hydrogens (tertiary/aromatic N) is 1. The zero-order valence-electron chi connectivity index (χ0n) is 11.3. The van der Waals surface area contributed by atoms with Gasteiger partial charge >= 0.3 is 0 Å². The van der Waals surface area contributed by atoms with E-state index in [0.717, 1.165) is 38.3 Å². The Morgan fingerprint density at radius 3 is 2.82 bits per heavy atom. The van der Waals surface area contributed by atoms with Crippen molar-refractivity contribution >= 4 is 0 Å². The number of hydrogen-bond donors (Lipinski definition) is 1. The van der Waals surface area contributed by atoms with Crippen LogP contribution in [-0.2, 0) is 4.74 Å². The Morgan fingerprint density at radius 1 is 1.24 bits per heavy atom. The summed E-state index contributed by atoms with van der Waals surface area (Å²) in [6, 6.07) is 0.795. The van der Waals surface area contributed by atoms with E-state index in [-0.39, 0.29) is 0 Å². The molecular formula is C14H28N2O. The molecule has 0 aromatic rings. The van der Waals surface area contributed by atoms with Gasteiger partial charge in [-0.1, -0.05) is 19.8 Å². The highest BCUT2D eigenvalue weighted by Gasteiger charge is 2.18. The molecule has 1 saturated carbocycles. The van der Waals surface area contributed by atoms with E-state index in [4.69, 9.17) is 4.74 Å². The third-order valence-electron chi connectivity index (χ3n) is 4.12. The molecule has 17 heavy (non-hydrogen) atoms. The molecule has 2 rings (SSSR count). The molecule has 2 fully saturated rings. The maximum atomic E-state index is 5.36. The average molecular weight is 240 g/mol. The summed E-state index contributed by atoms with van der Waals surface area (Å²) in [5.74, 6) is 0.931. The summed E-state index contributed by atoms with van der Waals surface area (Å²) in [4.78, 5) is 2.52. The van der Waals surface area contributed by atoms with E-state index in [9.17, 15) is 0 Å². The first-order chi connectivity index (χ1) is 8.34. The molecule has 2 aliphatic rings. The number of hydrogen-bond acceptors (Lipinski definition) is 3. The average Bonchev–Trinajstić information content (AvgIpc) is 2.36. The standard InChI is InChI=1S/C14H28N2O/c1-13-4-2-5-14(12-13)15-6-3-7-16-8-10-17-11-9-16/h13-15H,2-12H2,1H3. The van der Waals surface area contributed by atoms with Crippen molar-refractivity contribution in [1.82, 2.24) is 10.2 Å². The maximum absolute atomic E-state index is 5.36. The lowest BCUT2D eigenvalue weighted by atomic mass is 9.87. The van der Waals surface area contributed by atoms with Crippen LogP contribution in [-0.4, -0.2) is 50.3 Å². The van der Waals surface area contributed by atoms with E-state index in [1.807, 2.05) is 0 Å². The minimum absolute atomic E-state index is 0.795. The molecule has 2 atom stereocenters. The van der Waals surface area contributed by atoms with E-state index < -0.39 is 0 Å². The second kappa shape index (κ2) is 7.34. The number of morpholine rings is 1. The Hall–Kier alpha value is -0.120. The van der Waals surface area contributed by atoms with E-state index in [0.29, 0.717) is 0 Å². The van der Waals surface area contributed by atoms with Gasteiger partial charge in [0.05, 0.1) is 13.2 Å². The highest BCUT2D eigenvalue weighted by atomic mass is 16.5. The zero-order chi connectivity index (χ0) is 11.9. The molecule has 100 valence electrons. The van der Waals surface area contributed by atoms with Crippen molar-refractivity contribution in [2.45, 2.75) is 45.1 Å². The van der Waals surface area contributed by atoms with Crippen molar-refractivity contribution in [3.05, 3.63) is 0 Å². The predicted octanol–water partition coefficient (Wildman–Crippen LogP) is 1.88. The van der Waals surface area contributed by atoms with Crippen LogP contribution < -0.4 is 5.32 Å². The van der Waals surface area contributed by atoms with Gasteiger partial charge in [0.1, 0.15) is 0 Å². The lowest BCUT2D eigenvalue weighted by molar-refractivity contribution is 0.0373. The zero-order valence-corrected chi connectivity index (χ0v) is 11.3. The largest absolute Gasteiger partial charge is 0.379 e. The normalized spacial score (nSPS) is 31.6. The fraction of sp³-hybridized carbons (Fsp3) is 1.00. The Morgan fingerprint density at radius 2 is 2.06 bits per heavy atom. The predicted molar refractivity (Wildman–Crippen MR) is 71.3 cm³/mol. The summed E-state index contributed by atoms with van der Waals surface area (Å²) in [5, 5.41) is 3.73. The van der Waals surface area contributed by atoms with Crippen LogP contribution in [0.5, 0.6) is 0 Å². The van der Waals surface area contributed by atoms with Gasteiger partial charge in [0.25, 0.3) is 0 Å². The van der Waals surface area contributed by atoms with Crippen LogP contribution in [0.15, 0.2) is 0 Å². The van der Waals surface area contributed by atoms with Gasteiger partial charge in [-0.25, -0.2) is 0 Å². The van der Waals surface area contributed by atoms with Gasteiger partial charge in [-0.15, -0.1) is 0 Å². The Bertz CT molecular complexity index is 204. The summed E-state index contributed by atoms with van der Waals surface area (Å²) >= 11 is 0. The van der Waals surface area contributed by atoms with Crippen LogP contribution in [0.1, 0.15) is 39.0 Å². The fourth-order valence-electron chi connectivity index (χ4n) is 3.05.